The van der Waals surface area contributed by atoms with Gasteiger partial charge in [0.25, 0.3) is 11.8 Å². The lowest BCUT2D eigenvalue weighted by Crippen LogP contribution is -2.53. The third-order valence-electron chi connectivity index (χ3n) is 4.96. The Bertz CT molecular complexity index is 733. The van der Waals surface area contributed by atoms with Gasteiger partial charge in [-0.3, -0.25) is 9.59 Å². The van der Waals surface area contributed by atoms with Gasteiger partial charge in [-0.2, -0.15) is 0 Å². The van der Waals surface area contributed by atoms with Crippen LogP contribution in [0.25, 0.3) is 0 Å². The Kier molecular flexibility index (Phi) is 5.71. The first-order chi connectivity index (χ1) is 12.5. The summed E-state index contributed by atoms with van der Waals surface area (Å²) >= 11 is 0. The van der Waals surface area contributed by atoms with Crippen molar-refractivity contribution in [2.45, 2.75) is 51.6 Å². The summed E-state index contributed by atoms with van der Waals surface area (Å²) in [5.74, 6) is -0.147. The Hall–Kier alpha value is -2.62. The molecule has 0 aliphatic heterocycles. The normalized spacial score (nSPS) is 19.6. The molecule has 1 saturated carbocycles. The van der Waals surface area contributed by atoms with Crippen LogP contribution in [-0.4, -0.2) is 23.9 Å². The van der Waals surface area contributed by atoms with Gasteiger partial charge < -0.3 is 10.6 Å². The molecule has 0 spiro atoms. The van der Waals surface area contributed by atoms with Gasteiger partial charge in [-0.1, -0.05) is 48.2 Å². The van der Waals surface area contributed by atoms with Gasteiger partial charge in [0.05, 0.1) is 0 Å². The van der Waals surface area contributed by atoms with E-state index in [9.17, 15) is 9.59 Å². The monoisotopic (exact) mass is 350 g/mol. The van der Waals surface area contributed by atoms with E-state index in [1.54, 1.807) is 0 Å². The van der Waals surface area contributed by atoms with Crippen molar-refractivity contribution < 1.29 is 9.59 Å². The van der Waals surface area contributed by atoms with Crippen LogP contribution >= 0.6 is 0 Å². The fourth-order valence-corrected chi connectivity index (χ4v) is 3.55. The number of carbonyl (C=O) groups is 2. The molecule has 2 aromatic carbocycles. The van der Waals surface area contributed by atoms with Crippen molar-refractivity contribution in [1.82, 2.24) is 10.6 Å². The van der Waals surface area contributed by atoms with Crippen molar-refractivity contribution in [2.75, 3.05) is 0 Å². The van der Waals surface area contributed by atoms with Crippen LogP contribution in [0, 0.1) is 13.8 Å². The van der Waals surface area contributed by atoms with Crippen LogP contribution in [-0.2, 0) is 0 Å². The van der Waals surface area contributed by atoms with Gasteiger partial charge in [0.15, 0.2) is 0 Å². The third kappa shape index (κ3) is 4.51. The molecule has 0 radical (unpaired) electrons. The summed E-state index contributed by atoms with van der Waals surface area (Å²) in [7, 11) is 0. The second kappa shape index (κ2) is 8.17. The van der Waals surface area contributed by atoms with Gasteiger partial charge in [0.2, 0.25) is 0 Å². The molecule has 1 aliphatic rings. The first-order valence-corrected chi connectivity index (χ1v) is 9.28. The van der Waals surface area contributed by atoms with Crippen LogP contribution < -0.4 is 10.6 Å². The first kappa shape index (κ1) is 18.2. The largest absolute Gasteiger partial charge is 0.347 e. The molecule has 26 heavy (non-hydrogen) atoms. The SMILES string of the molecule is Cc1cccc(C(=O)N[C@H]2CCCC[C@H]2NC(=O)c2cccc(C)c2)c1. The molecular formula is C22H26N2O2. The molecule has 4 heteroatoms. The van der Waals surface area contributed by atoms with E-state index in [2.05, 4.69) is 10.6 Å². The minimum atomic E-state index is -0.0737. The summed E-state index contributed by atoms with van der Waals surface area (Å²) in [5.41, 5.74) is 3.45. The maximum Gasteiger partial charge on any atom is 0.251 e. The van der Waals surface area contributed by atoms with Gasteiger partial charge in [-0.15, -0.1) is 0 Å². The minimum absolute atomic E-state index is 0.0366. The smallest absolute Gasteiger partial charge is 0.251 e. The van der Waals surface area contributed by atoms with E-state index in [-0.39, 0.29) is 23.9 Å². The highest BCUT2D eigenvalue weighted by molar-refractivity contribution is 5.95. The molecule has 4 nitrogen and oxygen atoms in total. The zero-order chi connectivity index (χ0) is 18.5. The van der Waals surface area contributed by atoms with E-state index in [1.807, 2.05) is 62.4 Å². The summed E-state index contributed by atoms with van der Waals surface area (Å²) in [4.78, 5) is 25.2. The molecule has 136 valence electrons. The fourth-order valence-electron chi connectivity index (χ4n) is 3.55. The maximum atomic E-state index is 12.6. The number of hydrogen-bond acceptors (Lipinski definition) is 2. The van der Waals surface area contributed by atoms with Crippen molar-refractivity contribution in [3.8, 4) is 0 Å². The number of benzene rings is 2. The highest BCUT2D eigenvalue weighted by atomic mass is 16.2. The highest BCUT2D eigenvalue weighted by Crippen LogP contribution is 2.20. The van der Waals surface area contributed by atoms with E-state index < -0.39 is 0 Å². The Morgan fingerprint density at radius 1 is 0.769 bits per heavy atom. The number of aryl methyl sites for hydroxylation is 2. The summed E-state index contributed by atoms with van der Waals surface area (Å²) in [5, 5.41) is 6.25. The summed E-state index contributed by atoms with van der Waals surface area (Å²) in [6.45, 7) is 3.95. The molecule has 1 aliphatic carbocycles. The van der Waals surface area contributed by atoms with Gasteiger partial charge in [-0.05, 0) is 51.0 Å². The second-order valence-electron chi connectivity index (χ2n) is 7.18. The number of hydrogen-bond donors (Lipinski definition) is 2. The van der Waals surface area contributed by atoms with E-state index in [0.29, 0.717) is 11.1 Å². The fraction of sp³-hybridized carbons (Fsp3) is 0.364. The maximum absolute atomic E-state index is 12.6. The summed E-state index contributed by atoms with van der Waals surface area (Å²) in [6.07, 6.45) is 3.90. The standard InChI is InChI=1S/C22H26N2O2/c1-15-7-5-9-17(13-15)21(25)23-19-11-3-4-12-20(19)24-22(26)18-10-6-8-16(2)14-18/h5-10,13-14,19-20H,3-4,11-12H2,1-2H3,(H,23,25)(H,24,26)/t19-,20+. The lowest BCUT2D eigenvalue weighted by Gasteiger charge is -2.33. The van der Waals surface area contributed by atoms with Crippen LogP contribution in [0.5, 0.6) is 0 Å². The van der Waals surface area contributed by atoms with E-state index >= 15 is 0 Å². The van der Waals surface area contributed by atoms with Crippen molar-refractivity contribution in [3.05, 3.63) is 70.8 Å². The zero-order valence-electron chi connectivity index (χ0n) is 15.4. The van der Waals surface area contributed by atoms with Crippen LogP contribution in [0.15, 0.2) is 48.5 Å². The third-order valence-corrected chi connectivity index (χ3v) is 4.96. The molecule has 1 fully saturated rings. The van der Waals surface area contributed by atoms with Crippen molar-refractivity contribution in [3.63, 3.8) is 0 Å². The molecule has 0 bridgehead atoms. The van der Waals surface area contributed by atoms with Crippen molar-refractivity contribution >= 4 is 11.8 Å². The van der Waals surface area contributed by atoms with E-state index in [4.69, 9.17) is 0 Å². The molecule has 3 rings (SSSR count). The Balaban J connectivity index is 1.67. The molecule has 0 saturated heterocycles. The van der Waals surface area contributed by atoms with Gasteiger partial charge in [-0.25, -0.2) is 0 Å². The molecular weight excluding hydrogens is 324 g/mol. The quantitative estimate of drug-likeness (QED) is 0.882. The van der Waals surface area contributed by atoms with Crippen LogP contribution in [0.3, 0.4) is 0 Å². The number of carbonyl (C=O) groups excluding carboxylic acids is 2. The second-order valence-corrected chi connectivity index (χ2v) is 7.18. The van der Waals surface area contributed by atoms with Gasteiger partial charge >= 0.3 is 0 Å². The van der Waals surface area contributed by atoms with Gasteiger partial charge in [0.1, 0.15) is 0 Å². The molecule has 2 amide bonds. The predicted octanol–water partition coefficient (Wildman–Crippen LogP) is 3.77. The van der Waals surface area contributed by atoms with Gasteiger partial charge in [0, 0.05) is 23.2 Å². The number of rotatable bonds is 4. The van der Waals surface area contributed by atoms with Crippen molar-refractivity contribution in [1.29, 1.82) is 0 Å². The average Bonchev–Trinajstić information content (AvgIpc) is 2.63. The Morgan fingerprint density at radius 2 is 1.19 bits per heavy atom. The van der Waals surface area contributed by atoms with Crippen LogP contribution in [0.1, 0.15) is 57.5 Å². The average molecular weight is 350 g/mol. The number of nitrogens with one attached hydrogen (secondary N) is 2. The number of amides is 2. The molecule has 0 heterocycles. The molecule has 2 atom stereocenters. The minimum Gasteiger partial charge on any atom is -0.347 e. The molecule has 0 unspecified atom stereocenters. The topological polar surface area (TPSA) is 58.2 Å². The first-order valence-electron chi connectivity index (χ1n) is 9.28. The highest BCUT2D eigenvalue weighted by Gasteiger charge is 2.28. The molecule has 2 N–H and O–H groups in total. The van der Waals surface area contributed by atoms with Crippen LogP contribution in [0.4, 0.5) is 0 Å². The van der Waals surface area contributed by atoms with E-state index in [0.717, 1.165) is 36.8 Å². The summed E-state index contributed by atoms with van der Waals surface area (Å²) < 4.78 is 0. The van der Waals surface area contributed by atoms with Crippen molar-refractivity contribution in [2.24, 2.45) is 0 Å². The lowest BCUT2D eigenvalue weighted by atomic mass is 9.89. The van der Waals surface area contributed by atoms with Crippen LogP contribution in [0.2, 0.25) is 0 Å². The molecule has 0 aromatic heterocycles. The Morgan fingerprint density at radius 3 is 1.58 bits per heavy atom. The Labute approximate surface area is 155 Å². The zero-order valence-corrected chi connectivity index (χ0v) is 15.4. The lowest BCUT2D eigenvalue weighted by molar-refractivity contribution is 0.0862. The van der Waals surface area contributed by atoms with E-state index in [1.165, 1.54) is 0 Å². The predicted molar refractivity (Wildman–Crippen MR) is 103 cm³/mol. The summed E-state index contributed by atoms with van der Waals surface area (Å²) in [6, 6.07) is 15.1. The molecule has 2 aromatic rings.